The first-order chi connectivity index (χ1) is 28.7. The summed E-state index contributed by atoms with van der Waals surface area (Å²) in [4.78, 5) is 50.4. The average molecular weight is 877 g/mol. The summed E-state index contributed by atoms with van der Waals surface area (Å²) >= 11 is 0. The van der Waals surface area contributed by atoms with Gasteiger partial charge < -0.3 is 23.8 Å². The van der Waals surface area contributed by atoms with Gasteiger partial charge in [-0.05, 0) is 171 Å². The highest BCUT2D eigenvalue weighted by Crippen LogP contribution is 2.56. The molecule has 1 amide bonds. The van der Waals surface area contributed by atoms with Crippen LogP contribution in [0.25, 0.3) is 0 Å². The topological polar surface area (TPSA) is 112 Å². The molecule has 0 radical (unpaired) electrons. The first-order valence-electron chi connectivity index (χ1n) is 24.4. The molecular formula is C52H96N2O8. The zero-order chi connectivity index (χ0) is 47.7. The molecule has 5 rings (SSSR count). The number of allylic oxidation sites excluding steroid dienone is 2. The Morgan fingerprint density at radius 1 is 0.774 bits per heavy atom. The molecule has 362 valence electrons. The summed E-state index contributed by atoms with van der Waals surface area (Å²) in [7, 11) is 5.16. The Kier molecular flexibility index (Phi) is 24.0. The van der Waals surface area contributed by atoms with E-state index >= 15 is 0 Å². The van der Waals surface area contributed by atoms with Gasteiger partial charge in [0.05, 0.1) is 30.0 Å². The normalized spacial score (nSPS) is 24.5. The van der Waals surface area contributed by atoms with E-state index in [2.05, 4.69) is 70.4 Å². The van der Waals surface area contributed by atoms with Gasteiger partial charge in [-0.1, -0.05) is 46.3 Å². The number of likely N-dealkylation sites (tertiary alicyclic amines) is 2. The van der Waals surface area contributed by atoms with Crippen LogP contribution in [-0.2, 0) is 38.1 Å². The maximum Gasteiger partial charge on any atom is 0.311 e. The fourth-order valence-corrected chi connectivity index (χ4v) is 8.98. The van der Waals surface area contributed by atoms with Gasteiger partial charge in [-0.15, -0.1) is 0 Å². The fourth-order valence-electron chi connectivity index (χ4n) is 8.98. The molecule has 5 unspecified atom stereocenters. The van der Waals surface area contributed by atoms with E-state index in [4.69, 9.17) is 14.2 Å². The van der Waals surface area contributed by atoms with Crippen LogP contribution < -0.4 is 0 Å². The van der Waals surface area contributed by atoms with Gasteiger partial charge in [0.1, 0.15) is 12.7 Å². The van der Waals surface area contributed by atoms with Gasteiger partial charge in [-0.2, -0.15) is 0 Å². The number of nitrogens with zero attached hydrogens (tertiary/aromatic N) is 2. The highest BCUT2D eigenvalue weighted by molar-refractivity contribution is 5.77. The van der Waals surface area contributed by atoms with Gasteiger partial charge in [-0.25, -0.2) is 0 Å². The summed E-state index contributed by atoms with van der Waals surface area (Å²) in [6.45, 7) is 32.4. The number of ether oxygens (including phenoxy) is 4. The zero-order valence-electron chi connectivity index (χ0n) is 43.3. The summed E-state index contributed by atoms with van der Waals surface area (Å²) < 4.78 is 20.1. The van der Waals surface area contributed by atoms with Crippen molar-refractivity contribution in [2.75, 3.05) is 41.0 Å². The Morgan fingerprint density at radius 2 is 1.31 bits per heavy atom. The molecule has 0 N–H and O–H groups in total. The number of carbonyl (C=O) groups excluding carboxylic acids is 4. The number of hydrogen-bond acceptors (Lipinski definition) is 9. The molecule has 2 heterocycles. The average Bonchev–Trinajstić information content (AvgIpc) is 3.95. The van der Waals surface area contributed by atoms with E-state index in [1.165, 1.54) is 32.8 Å². The van der Waals surface area contributed by atoms with E-state index < -0.39 is 0 Å². The van der Waals surface area contributed by atoms with Gasteiger partial charge in [0.25, 0.3) is 0 Å². The summed E-state index contributed by atoms with van der Waals surface area (Å²) in [5, 5.41) is 0. The molecule has 10 heteroatoms. The highest BCUT2D eigenvalue weighted by Gasteiger charge is 2.47. The Hall–Kier alpha value is -2.46. The van der Waals surface area contributed by atoms with E-state index in [0.717, 1.165) is 81.6 Å². The minimum atomic E-state index is -0.377. The number of rotatable bonds is 12. The monoisotopic (exact) mass is 877 g/mol. The molecule has 4 fully saturated rings. The van der Waals surface area contributed by atoms with Crippen LogP contribution in [0.15, 0.2) is 12.2 Å². The molecule has 62 heavy (non-hydrogen) atoms. The molecule has 10 nitrogen and oxygen atoms in total. The van der Waals surface area contributed by atoms with Crippen molar-refractivity contribution in [2.45, 2.75) is 217 Å². The van der Waals surface area contributed by atoms with Crippen LogP contribution in [-0.4, -0.2) is 97.9 Å². The van der Waals surface area contributed by atoms with E-state index in [0.29, 0.717) is 25.2 Å². The number of fused-ring (bicyclic) bond motifs is 5. The van der Waals surface area contributed by atoms with Gasteiger partial charge in [-0.3, -0.25) is 24.1 Å². The SMILES string of the molecule is C1=CC2C3CCC(C3)C2C1.CCC(C)(C)C(=O)OC.CCC(C)(C)C(=O)OC1CC(C)(C)N(C)C(C)(C)C1.CCC(C)(C)C(=O)OCCOC.CCC(C)N1CCCCCC1=O. The second-order valence-electron chi connectivity index (χ2n) is 21.8. The van der Waals surface area contributed by atoms with Crippen molar-refractivity contribution in [1.29, 1.82) is 0 Å². The van der Waals surface area contributed by atoms with Crippen molar-refractivity contribution in [3.63, 3.8) is 0 Å². The van der Waals surface area contributed by atoms with E-state index in [1.807, 2.05) is 67.2 Å². The third kappa shape index (κ3) is 17.5. The van der Waals surface area contributed by atoms with Crippen LogP contribution in [0.5, 0.6) is 0 Å². The third-order valence-corrected chi connectivity index (χ3v) is 15.2. The summed E-state index contributed by atoms with van der Waals surface area (Å²) in [5.41, 5.74) is -0.938. The Bertz CT molecular complexity index is 1380. The molecule has 2 bridgehead atoms. The largest absolute Gasteiger partial charge is 0.469 e. The third-order valence-electron chi connectivity index (χ3n) is 15.2. The van der Waals surface area contributed by atoms with Gasteiger partial charge in [0.15, 0.2) is 0 Å². The van der Waals surface area contributed by atoms with Gasteiger partial charge in [0, 0.05) is 50.0 Å². The maximum atomic E-state index is 12.2. The maximum absolute atomic E-state index is 12.2. The molecule has 0 spiro atoms. The first kappa shape index (κ1) is 57.6. The van der Waals surface area contributed by atoms with E-state index in [9.17, 15) is 19.2 Å². The van der Waals surface area contributed by atoms with Crippen LogP contribution in [0.1, 0.15) is 194 Å². The second kappa shape index (κ2) is 25.9. The van der Waals surface area contributed by atoms with Crippen LogP contribution >= 0.6 is 0 Å². The fraction of sp³-hybridized carbons (Fsp3) is 0.885. The molecule has 2 saturated heterocycles. The lowest BCUT2D eigenvalue weighted by Gasteiger charge is -2.53. The van der Waals surface area contributed by atoms with Crippen molar-refractivity contribution in [3.8, 4) is 0 Å². The van der Waals surface area contributed by atoms with Crippen molar-refractivity contribution < 1.29 is 38.1 Å². The number of hydrogen-bond donors (Lipinski definition) is 0. The molecule has 0 aromatic rings. The molecule has 2 saturated carbocycles. The van der Waals surface area contributed by atoms with Crippen molar-refractivity contribution >= 4 is 23.8 Å². The Morgan fingerprint density at radius 3 is 1.79 bits per heavy atom. The molecular weight excluding hydrogens is 781 g/mol. The minimum absolute atomic E-state index is 0.0273. The van der Waals surface area contributed by atoms with Crippen molar-refractivity contribution in [2.24, 2.45) is 39.9 Å². The number of methoxy groups -OCH3 is 2. The van der Waals surface area contributed by atoms with Gasteiger partial charge >= 0.3 is 17.9 Å². The Balaban J connectivity index is 0.000000398. The van der Waals surface area contributed by atoms with E-state index in [-0.39, 0.29) is 51.3 Å². The second-order valence-corrected chi connectivity index (χ2v) is 21.8. The summed E-state index contributed by atoms with van der Waals surface area (Å²) in [5.74, 6) is 4.38. The van der Waals surface area contributed by atoms with E-state index in [1.54, 1.807) is 20.0 Å². The Labute approximate surface area is 380 Å². The quantitative estimate of drug-likeness (QED) is 0.0818. The lowest BCUT2D eigenvalue weighted by molar-refractivity contribution is -0.169. The summed E-state index contributed by atoms with van der Waals surface area (Å²) in [6.07, 6.45) is 20.6. The smallest absolute Gasteiger partial charge is 0.311 e. The standard InChI is InChI=1S/C16H31NO2.C10H19NO.C10H14.C9H18O3.C7H14O2/c1-9-14(2,3)13(18)19-12-10-15(4,5)17(8)16(6,7)11-12;1-3-9(2)11-8-6-4-5-7-10(11)12;1-2-9-7-4-5-8(6-7)10(9)3-1;1-5-9(2,3)8(10)12-7-6-11-4;1-5-7(2,3)6(8)9-4/h12H,9-11H2,1-8H3;9H,3-8H2,1-2H3;1-2,7-10H,3-6H2;5-7H2,1-4H3;5H2,1-4H3. The van der Waals surface area contributed by atoms with Crippen LogP contribution in [0.3, 0.4) is 0 Å². The highest BCUT2D eigenvalue weighted by atomic mass is 16.6. The predicted molar refractivity (Wildman–Crippen MR) is 254 cm³/mol. The molecule has 0 aromatic heterocycles. The number of esters is 3. The number of piperidine rings is 1. The zero-order valence-corrected chi connectivity index (χ0v) is 43.3. The molecule has 3 aliphatic carbocycles. The molecule has 5 aliphatic rings. The lowest BCUT2D eigenvalue weighted by atomic mass is 9.78. The van der Waals surface area contributed by atoms with Crippen LogP contribution in [0, 0.1) is 39.9 Å². The number of amides is 1. The first-order valence-corrected chi connectivity index (χ1v) is 24.4. The predicted octanol–water partition coefficient (Wildman–Crippen LogP) is 11.6. The van der Waals surface area contributed by atoms with Crippen molar-refractivity contribution in [3.05, 3.63) is 12.2 Å². The molecule has 0 aromatic carbocycles. The van der Waals surface area contributed by atoms with Crippen LogP contribution in [0.4, 0.5) is 0 Å². The molecule has 2 aliphatic heterocycles. The minimum Gasteiger partial charge on any atom is -0.469 e. The van der Waals surface area contributed by atoms with Crippen molar-refractivity contribution in [1.82, 2.24) is 9.80 Å². The molecule has 5 atom stereocenters. The van der Waals surface area contributed by atoms with Gasteiger partial charge in [0.2, 0.25) is 5.91 Å². The van der Waals surface area contributed by atoms with Crippen LogP contribution in [0.2, 0.25) is 0 Å². The lowest BCUT2D eigenvalue weighted by Crippen LogP contribution is -2.60. The summed E-state index contributed by atoms with van der Waals surface area (Å²) in [6, 6.07) is 0.440. The number of carbonyl (C=O) groups is 4.